The molecule has 0 aliphatic heterocycles. The van der Waals surface area contributed by atoms with Gasteiger partial charge in [-0.15, -0.1) is 0 Å². The molecule has 90 valence electrons. The number of nitrogens with two attached hydrogens (primary N) is 2. The number of anilines is 1. The number of hydrogen-bond donors (Lipinski definition) is 2. The topological polar surface area (TPSA) is 87.0 Å². The Balaban J connectivity index is 2.59. The van der Waals surface area contributed by atoms with Gasteiger partial charge in [0.05, 0.1) is 18.3 Å². The molecule has 0 aliphatic rings. The number of aromatic nitrogens is 2. The van der Waals surface area contributed by atoms with Crippen molar-refractivity contribution in [2.45, 2.75) is 19.4 Å². The molecule has 0 spiro atoms. The standard InChI is InChI=1S/C12H16N4O/c1-7(13)5-10-9-4-3-8(17-2)6-11(9)16-12(14)15-10/h3-4,6-7H,5,13H2,1-2H3,(H2,14,15,16). The minimum atomic E-state index is 0.0367. The largest absolute Gasteiger partial charge is 0.497 e. The van der Waals surface area contributed by atoms with Gasteiger partial charge in [-0.3, -0.25) is 0 Å². The number of hydrogen-bond acceptors (Lipinski definition) is 5. The zero-order chi connectivity index (χ0) is 12.4. The number of fused-ring (bicyclic) bond motifs is 1. The minimum absolute atomic E-state index is 0.0367. The van der Waals surface area contributed by atoms with Crippen molar-refractivity contribution in [1.29, 1.82) is 0 Å². The highest BCUT2D eigenvalue weighted by Crippen LogP contribution is 2.22. The molecule has 1 atom stereocenters. The quantitative estimate of drug-likeness (QED) is 0.827. The predicted octanol–water partition coefficient (Wildman–Crippen LogP) is 1.11. The van der Waals surface area contributed by atoms with E-state index in [0.29, 0.717) is 6.42 Å². The maximum atomic E-state index is 5.80. The van der Waals surface area contributed by atoms with Crippen LogP contribution in [0.4, 0.5) is 5.95 Å². The smallest absolute Gasteiger partial charge is 0.220 e. The molecule has 5 heteroatoms. The van der Waals surface area contributed by atoms with Crippen LogP contribution < -0.4 is 16.2 Å². The molecule has 0 bridgehead atoms. The second kappa shape index (κ2) is 4.55. The van der Waals surface area contributed by atoms with Crippen molar-refractivity contribution >= 4 is 16.9 Å². The third-order valence-corrected chi connectivity index (χ3v) is 2.52. The molecular formula is C12H16N4O. The Hall–Kier alpha value is -1.88. The first-order valence-corrected chi connectivity index (χ1v) is 5.46. The van der Waals surface area contributed by atoms with Crippen LogP contribution in [0.1, 0.15) is 12.6 Å². The summed E-state index contributed by atoms with van der Waals surface area (Å²) in [6.45, 7) is 1.94. The summed E-state index contributed by atoms with van der Waals surface area (Å²) in [5.41, 5.74) is 13.1. The van der Waals surface area contributed by atoms with Gasteiger partial charge < -0.3 is 16.2 Å². The molecule has 1 aromatic heterocycles. The monoisotopic (exact) mass is 232 g/mol. The third-order valence-electron chi connectivity index (χ3n) is 2.52. The first-order chi connectivity index (χ1) is 8.10. The van der Waals surface area contributed by atoms with E-state index in [1.807, 2.05) is 25.1 Å². The fourth-order valence-corrected chi connectivity index (χ4v) is 1.78. The van der Waals surface area contributed by atoms with Crippen LogP contribution >= 0.6 is 0 Å². The van der Waals surface area contributed by atoms with Crippen LogP contribution in [-0.4, -0.2) is 23.1 Å². The van der Waals surface area contributed by atoms with Crippen molar-refractivity contribution in [3.63, 3.8) is 0 Å². The highest BCUT2D eigenvalue weighted by Gasteiger charge is 2.09. The van der Waals surface area contributed by atoms with Crippen LogP contribution in [0.15, 0.2) is 18.2 Å². The number of ether oxygens (including phenoxy) is 1. The van der Waals surface area contributed by atoms with E-state index in [4.69, 9.17) is 16.2 Å². The summed E-state index contributed by atoms with van der Waals surface area (Å²) < 4.78 is 5.16. The highest BCUT2D eigenvalue weighted by atomic mass is 16.5. The molecule has 4 N–H and O–H groups in total. The summed E-state index contributed by atoms with van der Waals surface area (Å²) in [4.78, 5) is 8.44. The van der Waals surface area contributed by atoms with Crippen molar-refractivity contribution in [2.75, 3.05) is 12.8 Å². The molecule has 5 nitrogen and oxygen atoms in total. The van der Waals surface area contributed by atoms with Crippen molar-refractivity contribution in [2.24, 2.45) is 5.73 Å². The molecule has 1 unspecified atom stereocenters. The average Bonchev–Trinajstić information content (AvgIpc) is 2.27. The molecule has 1 heterocycles. The van der Waals surface area contributed by atoms with Gasteiger partial charge in [-0.2, -0.15) is 0 Å². The van der Waals surface area contributed by atoms with Crippen molar-refractivity contribution in [1.82, 2.24) is 9.97 Å². The summed E-state index contributed by atoms with van der Waals surface area (Å²) >= 11 is 0. The predicted molar refractivity (Wildman–Crippen MR) is 67.9 cm³/mol. The van der Waals surface area contributed by atoms with E-state index in [9.17, 15) is 0 Å². The fourth-order valence-electron chi connectivity index (χ4n) is 1.78. The second-order valence-electron chi connectivity index (χ2n) is 4.09. The number of methoxy groups -OCH3 is 1. The summed E-state index contributed by atoms with van der Waals surface area (Å²) in [7, 11) is 1.62. The molecule has 0 aliphatic carbocycles. The van der Waals surface area contributed by atoms with E-state index >= 15 is 0 Å². The normalized spacial score (nSPS) is 12.6. The van der Waals surface area contributed by atoms with E-state index in [1.165, 1.54) is 0 Å². The number of benzene rings is 1. The van der Waals surface area contributed by atoms with Gasteiger partial charge in [-0.25, -0.2) is 9.97 Å². The van der Waals surface area contributed by atoms with E-state index in [1.54, 1.807) is 7.11 Å². The van der Waals surface area contributed by atoms with E-state index in [0.717, 1.165) is 22.3 Å². The Morgan fingerprint density at radius 2 is 2.12 bits per heavy atom. The zero-order valence-corrected chi connectivity index (χ0v) is 9.97. The van der Waals surface area contributed by atoms with E-state index in [2.05, 4.69) is 9.97 Å². The molecule has 0 saturated heterocycles. The Morgan fingerprint density at radius 3 is 2.76 bits per heavy atom. The van der Waals surface area contributed by atoms with Gasteiger partial charge in [-0.05, 0) is 19.1 Å². The van der Waals surface area contributed by atoms with Crippen LogP contribution in [-0.2, 0) is 6.42 Å². The van der Waals surface area contributed by atoms with Gasteiger partial charge in [0, 0.05) is 23.9 Å². The Morgan fingerprint density at radius 1 is 1.35 bits per heavy atom. The zero-order valence-electron chi connectivity index (χ0n) is 9.97. The summed E-state index contributed by atoms with van der Waals surface area (Å²) in [6, 6.07) is 5.70. The fraction of sp³-hybridized carbons (Fsp3) is 0.333. The van der Waals surface area contributed by atoms with Gasteiger partial charge in [-0.1, -0.05) is 0 Å². The number of nitrogen functional groups attached to an aromatic ring is 1. The molecule has 1 aromatic carbocycles. The maximum absolute atomic E-state index is 5.80. The Labute approximate surface area is 99.8 Å². The van der Waals surface area contributed by atoms with Crippen molar-refractivity contribution < 1.29 is 4.74 Å². The lowest BCUT2D eigenvalue weighted by Crippen LogP contribution is -2.19. The number of rotatable bonds is 3. The molecule has 0 saturated carbocycles. The van der Waals surface area contributed by atoms with Crippen LogP contribution in [0, 0.1) is 0 Å². The third kappa shape index (κ3) is 2.45. The van der Waals surface area contributed by atoms with Crippen LogP contribution in [0.5, 0.6) is 5.75 Å². The highest BCUT2D eigenvalue weighted by molar-refractivity contribution is 5.83. The summed E-state index contributed by atoms with van der Waals surface area (Å²) in [6.07, 6.45) is 0.676. The number of nitrogens with zero attached hydrogens (tertiary/aromatic N) is 2. The molecule has 0 amide bonds. The van der Waals surface area contributed by atoms with Crippen LogP contribution in [0.3, 0.4) is 0 Å². The first-order valence-electron chi connectivity index (χ1n) is 5.46. The van der Waals surface area contributed by atoms with Crippen molar-refractivity contribution in [3.8, 4) is 5.75 Å². The lowest BCUT2D eigenvalue weighted by atomic mass is 10.1. The van der Waals surface area contributed by atoms with Gasteiger partial charge in [0.2, 0.25) is 5.95 Å². The molecule has 2 aromatic rings. The van der Waals surface area contributed by atoms with E-state index in [-0.39, 0.29) is 12.0 Å². The molecule has 2 rings (SSSR count). The summed E-state index contributed by atoms with van der Waals surface area (Å²) in [5.74, 6) is 1.02. The lowest BCUT2D eigenvalue weighted by Gasteiger charge is -2.09. The van der Waals surface area contributed by atoms with E-state index < -0.39 is 0 Å². The van der Waals surface area contributed by atoms with Gasteiger partial charge in [0.15, 0.2) is 0 Å². The summed E-state index contributed by atoms with van der Waals surface area (Å²) in [5, 5.41) is 0.970. The van der Waals surface area contributed by atoms with Crippen molar-refractivity contribution in [3.05, 3.63) is 23.9 Å². The van der Waals surface area contributed by atoms with Gasteiger partial charge in [0.1, 0.15) is 5.75 Å². The lowest BCUT2D eigenvalue weighted by molar-refractivity contribution is 0.415. The van der Waals surface area contributed by atoms with Gasteiger partial charge >= 0.3 is 0 Å². The Kier molecular flexibility index (Phi) is 3.10. The first kappa shape index (κ1) is 11.6. The molecule has 17 heavy (non-hydrogen) atoms. The van der Waals surface area contributed by atoms with Gasteiger partial charge in [0.25, 0.3) is 0 Å². The van der Waals surface area contributed by atoms with Crippen LogP contribution in [0.2, 0.25) is 0 Å². The SMILES string of the molecule is COc1ccc2c(CC(C)N)nc(N)nc2c1. The average molecular weight is 232 g/mol. The van der Waals surface area contributed by atoms with Crippen LogP contribution in [0.25, 0.3) is 10.9 Å². The maximum Gasteiger partial charge on any atom is 0.220 e. The second-order valence-corrected chi connectivity index (χ2v) is 4.09. The minimum Gasteiger partial charge on any atom is -0.497 e. The Bertz CT molecular complexity index is 539. The molecule has 0 fully saturated rings. The molecular weight excluding hydrogens is 216 g/mol. The molecule has 0 radical (unpaired) electrons.